The zero-order chi connectivity index (χ0) is 16.4. The quantitative estimate of drug-likeness (QED) is 0.742. The van der Waals surface area contributed by atoms with Crippen LogP contribution < -0.4 is 5.56 Å². The molecule has 0 aliphatic carbocycles. The zero-order valence-corrected chi connectivity index (χ0v) is 13.9. The molecule has 3 rings (SSSR count). The molecule has 0 saturated heterocycles. The van der Waals surface area contributed by atoms with Gasteiger partial charge in [-0.15, -0.1) is 0 Å². The maximum absolute atomic E-state index is 14.2. The van der Waals surface area contributed by atoms with Crippen LogP contribution in [-0.2, 0) is 13.0 Å². The Labute approximate surface area is 141 Å². The number of nitrogens with zero attached hydrogens (tertiary/aromatic N) is 1. The van der Waals surface area contributed by atoms with Crippen molar-refractivity contribution in [3.8, 4) is 10.8 Å². The predicted molar refractivity (Wildman–Crippen MR) is 88.5 cm³/mol. The molecule has 0 fully saturated rings. The van der Waals surface area contributed by atoms with Crippen molar-refractivity contribution in [1.82, 2.24) is 4.57 Å². The summed E-state index contributed by atoms with van der Waals surface area (Å²) in [6.07, 6.45) is 2.04. The van der Waals surface area contributed by atoms with Crippen LogP contribution in [0.5, 0.6) is 0 Å². The molecule has 2 heterocycles. The lowest BCUT2D eigenvalue weighted by Gasteiger charge is -2.17. The molecule has 1 unspecified atom stereocenters. The molecule has 1 atom stereocenters. The Hall–Kier alpha value is -1.93. The number of halogens is 3. The average molecular weight is 378 g/mol. The van der Waals surface area contributed by atoms with Crippen LogP contribution in [0.15, 0.2) is 35.1 Å². The van der Waals surface area contributed by atoms with Crippen LogP contribution in [0, 0.1) is 22.4 Å². The Morgan fingerprint density at radius 1 is 1.22 bits per heavy atom. The van der Waals surface area contributed by atoms with E-state index in [-0.39, 0.29) is 17.5 Å². The highest BCUT2D eigenvalue weighted by Crippen LogP contribution is 2.29. The maximum Gasteiger partial charge on any atom is 0.254 e. The van der Waals surface area contributed by atoms with Gasteiger partial charge < -0.3 is 4.57 Å². The van der Waals surface area contributed by atoms with Gasteiger partial charge >= 0.3 is 0 Å². The van der Waals surface area contributed by atoms with Crippen molar-refractivity contribution in [2.75, 3.05) is 0 Å². The standard InChI is InChI=1S/C18H14BrF2NO/c19-9-1-4-14(16-11-12(20)5-8-17(16)21)15-7-6-13-3-2-10-22(13)18(15)23/h5-8,11,14H,2-4,10H2. The number of hydrogen-bond acceptors (Lipinski definition) is 1. The molecule has 0 N–H and O–H groups in total. The van der Waals surface area contributed by atoms with Gasteiger partial charge in [-0.2, -0.15) is 0 Å². The number of fused-ring (bicyclic) bond motifs is 1. The molecule has 0 spiro atoms. The number of pyridine rings is 1. The van der Waals surface area contributed by atoms with E-state index in [1.54, 1.807) is 10.6 Å². The van der Waals surface area contributed by atoms with Crippen LogP contribution >= 0.6 is 15.9 Å². The van der Waals surface area contributed by atoms with E-state index in [1.807, 2.05) is 6.07 Å². The Balaban J connectivity index is 2.15. The van der Waals surface area contributed by atoms with Crippen LogP contribution in [0.4, 0.5) is 8.78 Å². The lowest BCUT2D eigenvalue weighted by atomic mass is 9.89. The molecule has 2 aromatic rings. The molecule has 0 amide bonds. The van der Waals surface area contributed by atoms with Crippen molar-refractivity contribution < 1.29 is 8.78 Å². The second-order valence-corrected chi connectivity index (χ2v) is 5.93. The zero-order valence-electron chi connectivity index (χ0n) is 12.3. The predicted octanol–water partition coefficient (Wildman–Crippen LogP) is 3.95. The first kappa shape index (κ1) is 15.9. The molecule has 0 radical (unpaired) electrons. The summed E-state index contributed by atoms with van der Waals surface area (Å²) in [4.78, 5) is 15.3. The van der Waals surface area contributed by atoms with E-state index in [0.29, 0.717) is 12.1 Å². The van der Waals surface area contributed by atoms with E-state index in [2.05, 4.69) is 26.7 Å². The van der Waals surface area contributed by atoms with Gasteiger partial charge in [0.15, 0.2) is 0 Å². The molecular weight excluding hydrogens is 364 g/mol. The molecule has 2 nitrogen and oxygen atoms in total. The number of hydrogen-bond donors (Lipinski definition) is 0. The topological polar surface area (TPSA) is 22.0 Å². The lowest BCUT2D eigenvalue weighted by molar-refractivity contribution is 0.573. The number of aryl methyl sites for hydroxylation is 1. The minimum atomic E-state index is -0.596. The largest absolute Gasteiger partial charge is 0.312 e. The highest BCUT2D eigenvalue weighted by molar-refractivity contribution is 9.12. The highest BCUT2D eigenvalue weighted by atomic mass is 79.9. The van der Waals surface area contributed by atoms with Crippen molar-refractivity contribution in [3.05, 3.63) is 69.1 Å². The molecule has 118 valence electrons. The molecule has 1 aromatic carbocycles. The van der Waals surface area contributed by atoms with Gasteiger partial charge in [0.25, 0.3) is 5.56 Å². The van der Waals surface area contributed by atoms with Crippen LogP contribution in [0.25, 0.3) is 0 Å². The summed E-state index contributed by atoms with van der Waals surface area (Å²) in [5, 5.41) is 0. The summed E-state index contributed by atoms with van der Waals surface area (Å²) in [6, 6.07) is 6.93. The molecule has 1 aliphatic heterocycles. The monoisotopic (exact) mass is 377 g/mol. The lowest BCUT2D eigenvalue weighted by Crippen LogP contribution is -2.25. The smallest absolute Gasteiger partial charge is 0.254 e. The first-order chi connectivity index (χ1) is 11.1. The van der Waals surface area contributed by atoms with E-state index < -0.39 is 17.6 Å². The van der Waals surface area contributed by atoms with Gasteiger partial charge in [-0.1, -0.05) is 12.0 Å². The fourth-order valence-electron chi connectivity index (χ4n) is 3.09. The molecule has 0 saturated carbocycles. The molecule has 5 heteroatoms. The highest BCUT2D eigenvalue weighted by Gasteiger charge is 2.23. The van der Waals surface area contributed by atoms with E-state index in [1.165, 1.54) is 0 Å². The summed E-state index contributed by atoms with van der Waals surface area (Å²) in [5.74, 6) is 1.16. The molecule has 0 bridgehead atoms. The van der Waals surface area contributed by atoms with E-state index in [9.17, 15) is 13.6 Å². The number of aromatic nitrogens is 1. The SMILES string of the molecule is O=c1c(C(CC#CBr)c2cc(F)ccc2F)ccc2n1CCC2. The molecule has 1 aromatic heterocycles. The van der Waals surface area contributed by atoms with Crippen LogP contribution in [0.3, 0.4) is 0 Å². The summed E-state index contributed by atoms with van der Waals surface area (Å²) < 4.78 is 29.5. The fourth-order valence-corrected chi connectivity index (χ4v) is 3.25. The fraction of sp³-hybridized carbons (Fsp3) is 0.278. The third-order valence-corrected chi connectivity index (χ3v) is 4.47. The van der Waals surface area contributed by atoms with E-state index in [0.717, 1.165) is 36.7 Å². The van der Waals surface area contributed by atoms with Gasteiger partial charge in [0.2, 0.25) is 0 Å². The molecule has 1 aliphatic rings. The van der Waals surface area contributed by atoms with Crippen molar-refractivity contribution in [2.24, 2.45) is 0 Å². The second-order valence-electron chi connectivity index (χ2n) is 5.53. The van der Waals surface area contributed by atoms with Gasteiger partial charge in [-0.25, -0.2) is 8.78 Å². The second kappa shape index (κ2) is 6.67. The van der Waals surface area contributed by atoms with Gasteiger partial charge in [-0.05, 0) is 47.5 Å². The number of rotatable bonds is 3. The summed E-state index contributed by atoms with van der Waals surface area (Å²) in [7, 11) is 0. The molecule has 23 heavy (non-hydrogen) atoms. The van der Waals surface area contributed by atoms with Crippen LogP contribution in [0.2, 0.25) is 0 Å². The molecular formula is C18H14BrF2NO. The summed E-state index contributed by atoms with van der Waals surface area (Å²) in [5.41, 5.74) is 1.47. The van der Waals surface area contributed by atoms with Gasteiger partial charge in [0.05, 0.1) is 0 Å². The Morgan fingerprint density at radius 3 is 2.83 bits per heavy atom. The minimum absolute atomic E-state index is 0.134. The van der Waals surface area contributed by atoms with Gasteiger partial charge in [0.1, 0.15) is 11.6 Å². The minimum Gasteiger partial charge on any atom is -0.312 e. The average Bonchev–Trinajstić information content (AvgIpc) is 3.02. The first-order valence-electron chi connectivity index (χ1n) is 7.38. The first-order valence-corrected chi connectivity index (χ1v) is 8.17. The summed E-state index contributed by atoms with van der Waals surface area (Å²) >= 11 is 3.01. The number of benzene rings is 1. The van der Waals surface area contributed by atoms with Gasteiger partial charge in [0, 0.05) is 46.1 Å². The van der Waals surface area contributed by atoms with Crippen molar-refractivity contribution in [2.45, 2.75) is 31.7 Å². The van der Waals surface area contributed by atoms with E-state index in [4.69, 9.17) is 0 Å². The Morgan fingerprint density at radius 2 is 2.04 bits per heavy atom. The van der Waals surface area contributed by atoms with Gasteiger partial charge in [-0.3, -0.25) is 4.79 Å². The summed E-state index contributed by atoms with van der Waals surface area (Å²) in [6.45, 7) is 0.671. The van der Waals surface area contributed by atoms with Crippen molar-refractivity contribution in [1.29, 1.82) is 0 Å². The normalized spacial score (nSPS) is 14.0. The third-order valence-electron chi connectivity index (χ3n) is 4.19. The van der Waals surface area contributed by atoms with E-state index >= 15 is 0 Å². The third kappa shape index (κ3) is 3.09. The van der Waals surface area contributed by atoms with Crippen LogP contribution in [0.1, 0.15) is 35.6 Å². The maximum atomic E-state index is 14.2. The van der Waals surface area contributed by atoms with Crippen molar-refractivity contribution in [3.63, 3.8) is 0 Å². The Kier molecular flexibility index (Phi) is 4.63. The Bertz CT molecular complexity index is 864. The van der Waals surface area contributed by atoms with Crippen molar-refractivity contribution >= 4 is 15.9 Å². The van der Waals surface area contributed by atoms with Crippen LogP contribution in [-0.4, -0.2) is 4.57 Å².